The fourth-order valence-electron chi connectivity index (χ4n) is 5.04. The minimum atomic E-state index is -1.54. The first-order valence-electron chi connectivity index (χ1n) is 10.1. The number of nitrogens with one attached hydrogen (secondary N) is 1. The fraction of sp³-hybridized carbons (Fsp3) is 0.208. The quantitative estimate of drug-likeness (QED) is 0.710. The Bertz CT molecular complexity index is 1290. The second-order valence-corrected chi connectivity index (χ2v) is 8.42. The molecule has 0 fully saturated rings. The number of nitriles is 1. The van der Waals surface area contributed by atoms with E-state index < -0.39 is 11.3 Å². The number of hydrogen-bond donors (Lipinski definition) is 2. The first-order valence-corrected chi connectivity index (χ1v) is 10.4. The highest BCUT2D eigenvalue weighted by Crippen LogP contribution is 2.55. The molecule has 1 spiro atoms. The Balaban J connectivity index is 1.90. The van der Waals surface area contributed by atoms with Crippen LogP contribution in [0.1, 0.15) is 30.4 Å². The number of Topliss-reactive ketones (excluding diaryl/α,β-unsaturated/α-hetero) is 1. The third-order valence-electron chi connectivity index (χ3n) is 6.35. The van der Waals surface area contributed by atoms with E-state index in [1.165, 1.54) is 0 Å². The number of hydrogen-bond acceptors (Lipinski definition) is 5. The number of nitrogens with zero attached hydrogens (tertiary/aromatic N) is 2. The molecule has 2 aromatic carbocycles. The molecule has 0 saturated carbocycles. The van der Waals surface area contributed by atoms with Crippen LogP contribution >= 0.6 is 11.6 Å². The number of allylic oxidation sites excluding steroid dienone is 1. The highest BCUT2D eigenvalue weighted by molar-refractivity contribution is 6.31. The molecule has 5 rings (SSSR count). The van der Waals surface area contributed by atoms with Gasteiger partial charge in [-0.15, -0.1) is 0 Å². The number of ketones is 1. The number of para-hydroxylation sites is 1. The number of nitrogens with two attached hydrogens (primary N) is 1. The number of amides is 1. The highest BCUT2D eigenvalue weighted by atomic mass is 35.5. The number of carbonyl (C=O) groups excluding carboxylic acids is 2. The van der Waals surface area contributed by atoms with E-state index in [2.05, 4.69) is 11.4 Å². The van der Waals surface area contributed by atoms with Gasteiger partial charge < -0.3 is 11.1 Å². The van der Waals surface area contributed by atoms with Crippen LogP contribution in [0.4, 0.5) is 11.4 Å². The van der Waals surface area contributed by atoms with Gasteiger partial charge in [-0.25, -0.2) is 0 Å². The van der Waals surface area contributed by atoms with Gasteiger partial charge in [0, 0.05) is 34.0 Å². The van der Waals surface area contributed by atoms with Crippen LogP contribution in [0.15, 0.2) is 65.1 Å². The predicted octanol–water partition coefficient (Wildman–Crippen LogP) is 4.06. The molecule has 1 aliphatic carbocycles. The van der Waals surface area contributed by atoms with Crippen molar-refractivity contribution in [1.82, 2.24) is 0 Å². The number of halogens is 1. The minimum absolute atomic E-state index is 0.0586. The molecule has 1 atom stereocenters. The lowest BCUT2D eigenvalue weighted by atomic mass is 9.64. The van der Waals surface area contributed by atoms with Crippen molar-refractivity contribution in [2.75, 3.05) is 10.2 Å². The summed E-state index contributed by atoms with van der Waals surface area (Å²) in [7, 11) is 0. The topological polar surface area (TPSA) is 99.2 Å². The zero-order chi connectivity index (χ0) is 21.9. The molecule has 31 heavy (non-hydrogen) atoms. The summed E-state index contributed by atoms with van der Waals surface area (Å²) < 4.78 is 0. The normalized spacial score (nSPS) is 22.4. The Hall–Kier alpha value is -3.56. The minimum Gasteiger partial charge on any atom is -0.384 e. The van der Waals surface area contributed by atoms with Gasteiger partial charge in [-0.05, 0) is 43.5 Å². The van der Waals surface area contributed by atoms with E-state index in [4.69, 9.17) is 17.3 Å². The summed E-state index contributed by atoms with van der Waals surface area (Å²) >= 11 is 6.27. The van der Waals surface area contributed by atoms with Gasteiger partial charge in [0.1, 0.15) is 17.3 Å². The maximum atomic E-state index is 13.5. The second kappa shape index (κ2) is 6.73. The molecule has 0 saturated heterocycles. The van der Waals surface area contributed by atoms with E-state index in [0.717, 1.165) is 5.56 Å². The van der Waals surface area contributed by atoms with E-state index in [0.29, 0.717) is 52.5 Å². The molecule has 3 N–H and O–H groups in total. The molecule has 7 heteroatoms. The lowest BCUT2D eigenvalue weighted by molar-refractivity contribution is -0.122. The van der Waals surface area contributed by atoms with Gasteiger partial charge in [0.15, 0.2) is 5.78 Å². The van der Waals surface area contributed by atoms with Crippen LogP contribution in [0.2, 0.25) is 5.02 Å². The summed E-state index contributed by atoms with van der Waals surface area (Å²) in [5.41, 5.74) is 8.91. The van der Waals surface area contributed by atoms with Crippen molar-refractivity contribution in [3.8, 4) is 6.07 Å². The van der Waals surface area contributed by atoms with Crippen molar-refractivity contribution in [2.24, 2.45) is 5.73 Å². The molecule has 3 aliphatic rings. The van der Waals surface area contributed by atoms with Crippen molar-refractivity contribution in [1.29, 1.82) is 5.26 Å². The molecule has 0 radical (unpaired) electrons. The van der Waals surface area contributed by atoms with E-state index >= 15 is 0 Å². The van der Waals surface area contributed by atoms with Crippen LogP contribution in [-0.2, 0) is 15.0 Å². The number of rotatable bonds is 1. The Labute approximate surface area is 184 Å². The third kappa shape index (κ3) is 2.44. The fourth-order valence-corrected chi connectivity index (χ4v) is 5.21. The molecule has 154 valence electrons. The van der Waals surface area contributed by atoms with Gasteiger partial charge in [-0.1, -0.05) is 35.9 Å². The number of carbonyl (C=O) groups is 2. The Morgan fingerprint density at radius 2 is 1.97 bits per heavy atom. The van der Waals surface area contributed by atoms with Crippen LogP contribution in [0.5, 0.6) is 0 Å². The Morgan fingerprint density at radius 3 is 2.74 bits per heavy atom. The molecule has 0 bridgehead atoms. The molecular formula is C24H19ClN4O2. The molecule has 2 aromatic rings. The zero-order valence-electron chi connectivity index (χ0n) is 16.8. The zero-order valence-corrected chi connectivity index (χ0v) is 17.6. The lowest BCUT2D eigenvalue weighted by Gasteiger charge is -2.43. The SMILES string of the molecule is Cc1ccc(Cl)cc1N1C(N)=C(C#N)[C@]2(C(=O)Nc3ccccc32)C2=C1CCCC2=O. The summed E-state index contributed by atoms with van der Waals surface area (Å²) in [6, 6.07) is 14.7. The molecule has 0 unspecified atom stereocenters. The average molecular weight is 431 g/mol. The maximum Gasteiger partial charge on any atom is 0.245 e. The van der Waals surface area contributed by atoms with Crippen molar-refractivity contribution in [3.63, 3.8) is 0 Å². The van der Waals surface area contributed by atoms with E-state index in [1.54, 1.807) is 41.3 Å². The monoisotopic (exact) mass is 430 g/mol. The first-order chi connectivity index (χ1) is 14.9. The van der Waals surface area contributed by atoms with Gasteiger partial charge in [-0.3, -0.25) is 14.5 Å². The maximum absolute atomic E-state index is 13.5. The lowest BCUT2D eigenvalue weighted by Crippen LogP contribution is -2.50. The van der Waals surface area contributed by atoms with Crippen LogP contribution in [0.25, 0.3) is 0 Å². The number of benzene rings is 2. The first kappa shape index (κ1) is 19.4. The smallest absolute Gasteiger partial charge is 0.245 e. The largest absolute Gasteiger partial charge is 0.384 e. The molecule has 0 aromatic heterocycles. The molecule has 1 amide bonds. The molecule has 2 heterocycles. The van der Waals surface area contributed by atoms with Gasteiger partial charge >= 0.3 is 0 Å². The molecular weight excluding hydrogens is 412 g/mol. The standard InChI is InChI=1S/C24H19ClN4O2/c1-13-9-10-14(25)11-19(13)29-18-7-4-8-20(30)21(18)24(16(12-26)22(29)27)15-5-2-3-6-17(15)28-23(24)31/h2-3,5-6,9-11H,4,7-8,27H2,1H3,(H,28,31)/t24-/m0/s1. The third-order valence-corrected chi connectivity index (χ3v) is 6.58. The van der Waals surface area contributed by atoms with E-state index in [9.17, 15) is 14.9 Å². The molecule has 6 nitrogen and oxygen atoms in total. The van der Waals surface area contributed by atoms with E-state index in [1.807, 2.05) is 13.0 Å². The Kier molecular flexibility index (Phi) is 4.21. The van der Waals surface area contributed by atoms with E-state index in [-0.39, 0.29) is 17.2 Å². The van der Waals surface area contributed by atoms with Crippen LogP contribution in [0, 0.1) is 18.3 Å². The molecule has 2 aliphatic heterocycles. The van der Waals surface area contributed by atoms with Crippen LogP contribution in [-0.4, -0.2) is 11.7 Å². The van der Waals surface area contributed by atoms with Gasteiger partial charge in [0.25, 0.3) is 0 Å². The van der Waals surface area contributed by atoms with Crippen LogP contribution < -0.4 is 16.0 Å². The summed E-state index contributed by atoms with van der Waals surface area (Å²) in [4.78, 5) is 28.6. The highest BCUT2D eigenvalue weighted by Gasteiger charge is 2.60. The Morgan fingerprint density at radius 1 is 1.19 bits per heavy atom. The summed E-state index contributed by atoms with van der Waals surface area (Å²) in [6.45, 7) is 1.91. The number of anilines is 2. The van der Waals surface area contributed by atoms with Crippen molar-refractivity contribution in [3.05, 3.63) is 81.3 Å². The summed E-state index contributed by atoms with van der Waals surface area (Å²) in [5.74, 6) is -0.412. The number of aryl methyl sites for hydroxylation is 1. The second-order valence-electron chi connectivity index (χ2n) is 7.99. The van der Waals surface area contributed by atoms with Crippen molar-refractivity contribution < 1.29 is 9.59 Å². The average Bonchev–Trinajstić information content (AvgIpc) is 3.03. The van der Waals surface area contributed by atoms with Crippen molar-refractivity contribution in [2.45, 2.75) is 31.6 Å². The van der Waals surface area contributed by atoms with Crippen LogP contribution in [0.3, 0.4) is 0 Å². The van der Waals surface area contributed by atoms with Gasteiger partial charge in [0.2, 0.25) is 5.91 Å². The predicted molar refractivity (Wildman–Crippen MR) is 118 cm³/mol. The number of fused-ring (bicyclic) bond motifs is 3. The summed E-state index contributed by atoms with van der Waals surface area (Å²) in [5, 5.41) is 13.6. The summed E-state index contributed by atoms with van der Waals surface area (Å²) in [6.07, 6.45) is 1.52. The van der Waals surface area contributed by atoms with Gasteiger partial charge in [-0.2, -0.15) is 5.26 Å². The van der Waals surface area contributed by atoms with Gasteiger partial charge in [0.05, 0.1) is 11.3 Å². The van der Waals surface area contributed by atoms with Crippen molar-refractivity contribution >= 4 is 34.7 Å².